The quantitative estimate of drug-likeness (QED) is 0.268. The topological polar surface area (TPSA) is 109 Å². The normalized spacial score (nSPS) is 10.5. The SMILES string of the molecule is COc1ccc(CNC(=O)c2ccccc2-c2ccccc2C(=O)N(CCC(=O)O)CCc2cccnc2)cc1. The van der Waals surface area contributed by atoms with Crippen molar-refractivity contribution in [1.29, 1.82) is 0 Å². The fraction of sp³-hybridized carbons (Fsp3) is 0.188. The number of carbonyl (C=O) groups excluding carboxylic acids is 2. The second-order valence-corrected chi connectivity index (χ2v) is 9.17. The Morgan fingerprint density at radius 2 is 1.50 bits per heavy atom. The maximum Gasteiger partial charge on any atom is 0.305 e. The van der Waals surface area contributed by atoms with Gasteiger partial charge in [-0.2, -0.15) is 0 Å². The van der Waals surface area contributed by atoms with Gasteiger partial charge in [0.2, 0.25) is 0 Å². The number of ether oxygens (including phenoxy) is 1. The van der Waals surface area contributed by atoms with E-state index in [9.17, 15) is 19.5 Å². The molecule has 8 heteroatoms. The van der Waals surface area contributed by atoms with Gasteiger partial charge in [0.15, 0.2) is 0 Å². The number of carbonyl (C=O) groups is 3. The number of nitrogens with zero attached hydrogens (tertiary/aromatic N) is 2. The van der Waals surface area contributed by atoms with Crippen LogP contribution in [0.1, 0.15) is 38.3 Å². The van der Waals surface area contributed by atoms with Crippen LogP contribution < -0.4 is 10.1 Å². The van der Waals surface area contributed by atoms with Crippen LogP contribution in [0.5, 0.6) is 5.75 Å². The lowest BCUT2D eigenvalue weighted by Gasteiger charge is -2.24. The van der Waals surface area contributed by atoms with E-state index in [4.69, 9.17) is 4.74 Å². The molecule has 0 radical (unpaired) electrons. The Morgan fingerprint density at radius 1 is 0.825 bits per heavy atom. The van der Waals surface area contributed by atoms with Crippen molar-refractivity contribution in [2.45, 2.75) is 19.4 Å². The number of benzene rings is 3. The molecule has 8 nitrogen and oxygen atoms in total. The summed E-state index contributed by atoms with van der Waals surface area (Å²) < 4.78 is 5.19. The number of carboxylic acid groups (broad SMARTS) is 1. The molecular formula is C32H31N3O5. The maximum atomic E-state index is 13.8. The average Bonchev–Trinajstić information content (AvgIpc) is 3.00. The molecule has 0 unspecified atom stereocenters. The van der Waals surface area contributed by atoms with E-state index in [1.54, 1.807) is 54.7 Å². The Hall–Kier alpha value is -4.98. The molecule has 0 aliphatic rings. The zero-order chi connectivity index (χ0) is 28.3. The summed E-state index contributed by atoms with van der Waals surface area (Å²) in [6.45, 7) is 0.720. The summed E-state index contributed by atoms with van der Waals surface area (Å²) in [6.07, 6.45) is 3.77. The zero-order valence-corrected chi connectivity index (χ0v) is 22.2. The van der Waals surface area contributed by atoms with E-state index >= 15 is 0 Å². The van der Waals surface area contributed by atoms with Gasteiger partial charge in [-0.15, -0.1) is 0 Å². The van der Waals surface area contributed by atoms with Gasteiger partial charge in [0.1, 0.15) is 5.75 Å². The minimum Gasteiger partial charge on any atom is -0.497 e. The Kier molecular flexibility index (Phi) is 9.61. The minimum atomic E-state index is -0.980. The van der Waals surface area contributed by atoms with Gasteiger partial charge in [0.05, 0.1) is 13.5 Å². The predicted octanol–water partition coefficient (Wildman–Crippen LogP) is 4.85. The minimum absolute atomic E-state index is 0.0623. The maximum absolute atomic E-state index is 13.8. The second-order valence-electron chi connectivity index (χ2n) is 9.17. The zero-order valence-electron chi connectivity index (χ0n) is 22.2. The van der Waals surface area contributed by atoms with E-state index in [-0.39, 0.29) is 24.8 Å². The predicted molar refractivity (Wildman–Crippen MR) is 152 cm³/mol. The number of methoxy groups -OCH3 is 1. The van der Waals surface area contributed by atoms with Crippen molar-refractivity contribution in [3.63, 3.8) is 0 Å². The van der Waals surface area contributed by atoms with Crippen LogP contribution >= 0.6 is 0 Å². The number of amides is 2. The lowest BCUT2D eigenvalue weighted by Crippen LogP contribution is -2.35. The lowest BCUT2D eigenvalue weighted by atomic mass is 9.94. The highest BCUT2D eigenvalue weighted by molar-refractivity contribution is 6.06. The fourth-order valence-corrected chi connectivity index (χ4v) is 4.37. The molecule has 40 heavy (non-hydrogen) atoms. The summed E-state index contributed by atoms with van der Waals surface area (Å²) in [5, 5.41) is 12.2. The first-order chi connectivity index (χ1) is 19.5. The van der Waals surface area contributed by atoms with Gasteiger partial charge < -0.3 is 20.1 Å². The second kappa shape index (κ2) is 13.7. The molecule has 204 valence electrons. The molecule has 1 aromatic heterocycles. The fourth-order valence-electron chi connectivity index (χ4n) is 4.37. The van der Waals surface area contributed by atoms with Gasteiger partial charge in [0.25, 0.3) is 11.8 Å². The molecule has 0 saturated heterocycles. The first-order valence-corrected chi connectivity index (χ1v) is 13.0. The summed E-state index contributed by atoms with van der Waals surface area (Å²) in [7, 11) is 1.60. The number of nitrogens with one attached hydrogen (secondary N) is 1. The number of aromatic nitrogens is 1. The van der Waals surface area contributed by atoms with E-state index in [1.807, 2.05) is 54.6 Å². The van der Waals surface area contributed by atoms with Crippen molar-refractivity contribution in [3.8, 4) is 16.9 Å². The third-order valence-corrected chi connectivity index (χ3v) is 6.51. The number of aliphatic carboxylic acids is 1. The third kappa shape index (κ3) is 7.32. The summed E-state index contributed by atoms with van der Waals surface area (Å²) >= 11 is 0. The Balaban J connectivity index is 1.58. The molecular weight excluding hydrogens is 506 g/mol. The van der Waals surface area contributed by atoms with Crippen LogP contribution in [0.3, 0.4) is 0 Å². The number of pyridine rings is 1. The lowest BCUT2D eigenvalue weighted by molar-refractivity contribution is -0.137. The Labute approximate surface area is 233 Å². The van der Waals surface area contributed by atoms with Crippen molar-refractivity contribution in [3.05, 3.63) is 120 Å². The third-order valence-electron chi connectivity index (χ3n) is 6.51. The van der Waals surface area contributed by atoms with Crippen molar-refractivity contribution in [1.82, 2.24) is 15.2 Å². The standard InChI is InChI=1S/C32H31N3O5/c1-40-25-14-12-24(13-15-25)22-34-31(38)28-10-4-2-8-26(28)27-9-3-5-11-29(27)32(39)35(20-17-30(36)37)19-16-23-7-6-18-33-21-23/h2-15,18,21H,16-17,19-20,22H2,1H3,(H,34,38)(H,36,37). The van der Waals surface area contributed by atoms with E-state index in [1.165, 1.54) is 0 Å². The molecule has 0 aliphatic carbocycles. The Morgan fingerprint density at radius 3 is 2.15 bits per heavy atom. The van der Waals surface area contributed by atoms with Crippen LogP contribution in [-0.2, 0) is 17.8 Å². The Bertz CT molecular complexity index is 1460. The summed E-state index contributed by atoms with van der Waals surface area (Å²) in [6, 6.07) is 25.4. The van der Waals surface area contributed by atoms with Gasteiger partial charge in [-0.3, -0.25) is 19.4 Å². The van der Waals surface area contributed by atoms with Gasteiger partial charge in [-0.05, 0) is 59.0 Å². The first kappa shape index (κ1) is 28.0. The molecule has 3 aromatic carbocycles. The van der Waals surface area contributed by atoms with Crippen LogP contribution in [0.4, 0.5) is 0 Å². The van der Waals surface area contributed by atoms with Crippen molar-refractivity contribution >= 4 is 17.8 Å². The number of carboxylic acids is 1. The highest BCUT2D eigenvalue weighted by atomic mass is 16.5. The van der Waals surface area contributed by atoms with Crippen LogP contribution in [-0.4, -0.2) is 53.0 Å². The van der Waals surface area contributed by atoms with E-state index < -0.39 is 5.97 Å². The molecule has 0 spiro atoms. The highest BCUT2D eigenvalue weighted by Gasteiger charge is 2.22. The number of hydrogen-bond acceptors (Lipinski definition) is 5. The summed E-state index contributed by atoms with van der Waals surface area (Å²) in [5.74, 6) is -0.812. The van der Waals surface area contributed by atoms with Crippen molar-refractivity contribution < 1.29 is 24.2 Å². The smallest absolute Gasteiger partial charge is 0.305 e. The molecule has 4 rings (SSSR count). The first-order valence-electron chi connectivity index (χ1n) is 13.0. The van der Waals surface area contributed by atoms with Gasteiger partial charge in [-0.1, -0.05) is 54.6 Å². The molecule has 0 aliphatic heterocycles. The van der Waals surface area contributed by atoms with Gasteiger partial charge in [-0.25, -0.2) is 0 Å². The summed E-state index contributed by atoms with van der Waals surface area (Å²) in [5.41, 5.74) is 3.92. The number of rotatable bonds is 12. The molecule has 1 heterocycles. The molecule has 0 saturated carbocycles. The molecule has 0 atom stereocenters. The summed E-state index contributed by atoms with van der Waals surface area (Å²) in [4.78, 5) is 44.1. The average molecular weight is 538 g/mol. The molecule has 0 fully saturated rings. The van der Waals surface area contributed by atoms with Crippen molar-refractivity contribution in [2.24, 2.45) is 0 Å². The van der Waals surface area contributed by atoms with E-state index in [0.29, 0.717) is 41.8 Å². The largest absolute Gasteiger partial charge is 0.497 e. The van der Waals surface area contributed by atoms with Gasteiger partial charge >= 0.3 is 5.97 Å². The van der Waals surface area contributed by atoms with Crippen LogP contribution in [0, 0.1) is 0 Å². The van der Waals surface area contributed by atoms with Gasteiger partial charge in [0, 0.05) is 43.2 Å². The van der Waals surface area contributed by atoms with Crippen LogP contribution in [0.25, 0.3) is 11.1 Å². The van der Waals surface area contributed by atoms with E-state index in [2.05, 4.69) is 10.3 Å². The highest BCUT2D eigenvalue weighted by Crippen LogP contribution is 2.28. The van der Waals surface area contributed by atoms with Crippen LogP contribution in [0.2, 0.25) is 0 Å². The van der Waals surface area contributed by atoms with Crippen molar-refractivity contribution in [2.75, 3.05) is 20.2 Å². The van der Waals surface area contributed by atoms with E-state index in [0.717, 1.165) is 16.9 Å². The molecule has 4 aromatic rings. The molecule has 2 N–H and O–H groups in total. The number of hydrogen-bond donors (Lipinski definition) is 2. The monoisotopic (exact) mass is 537 g/mol. The van der Waals surface area contributed by atoms with Crippen LogP contribution in [0.15, 0.2) is 97.3 Å². The molecule has 0 bridgehead atoms. The molecule has 2 amide bonds.